The van der Waals surface area contributed by atoms with Crippen LogP contribution in [0, 0.1) is 6.92 Å². The van der Waals surface area contributed by atoms with Crippen molar-refractivity contribution in [1.29, 1.82) is 0 Å². The molecule has 20 heavy (non-hydrogen) atoms. The van der Waals surface area contributed by atoms with Crippen molar-refractivity contribution < 1.29 is 4.74 Å². The summed E-state index contributed by atoms with van der Waals surface area (Å²) in [7, 11) is 0. The Hall–Kier alpha value is -1.88. The van der Waals surface area contributed by atoms with Crippen LogP contribution in [0.2, 0.25) is 0 Å². The maximum absolute atomic E-state index is 5.39. The van der Waals surface area contributed by atoms with Crippen LogP contribution < -0.4 is 4.74 Å². The lowest BCUT2D eigenvalue weighted by molar-refractivity contribution is 0.328. The van der Waals surface area contributed by atoms with Gasteiger partial charge in [0, 0.05) is 16.1 Å². The number of aromatic nitrogens is 3. The van der Waals surface area contributed by atoms with Gasteiger partial charge in [-0.25, -0.2) is 4.98 Å². The quantitative estimate of drug-likeness (QED) is 0.786. The molecule has 2 heterocycles. The van der Waals surface area contributed by atoms with E-state index < -0.39 is 0 Å². The van der Waals surface area contributed by atoms with Crippen molar-refractivity contribution in [2.24, 2.45) is 0 Å². The van der Waals surface area contributed by atoms with Crippen LogP contribution in [0.3, 0.4) is 0 Å². The number of imidazole rings is 1. The molecular formula is C15H14BrN3O. The molecule has 0 unspecified atom stereocenters. The fourth-order valence-electron chi connectivity index (χ4n) is 1.98. The lowest BCUT2D eigenvalue weighted by Crippen LogP contribution is -1.93. The predicted octanol–water partition coefficient (Wildman–Crippen LogP) is 4.09. The predicted molar refractivity (Wildman–Crippen MR) is 82.9 cm³/mol. The molecule has 0 fully saturated rings. The molecule has 0 saturated heterocycles. The number of halogens is 1. The number of nitrogens with zero attached hydrogens (tertiary/aromatic N) is 2. The van der Waals surface area contributed by atoms with Crippen LogP contribution in [0.25, 0.3) is 22.6 Å². The molecule has 0 bridgehead atoms. The van der Waals surface area contributed by atoms with E-state index in [4.69, 9.17) is 4.74 Å². The molecule has 1 aromatic carbocycles. The van der Waals surface area contributed by atoms with Gasteiger partial charge in [0.1, 0.15) is 5.82 Å². The molecule has 3 aromatic rings. The minimum Gasteiger partial charge on any atom is -0.478 e. The topological polar surface area (TPSA) is 50.8 Å². The SMILES string of the molecule is CCOc1ccc2[nH]c(-c3ccc(C)c(Br)c3)nc2n1. The molecule has 0 saturated carbocycles. The number of aryl methyl sites for hydroxylation is 1. The van der Waals surface area contributed by atoms with Crippen LogP contribution in [0.4, 0.5) is 0 Å². The molecular weight excluding hydrogens is 318 g/mol. The third-order valence-corrected chi connectivity index (χ3v) is 3.91. The van der Waals surface area contributed by atoms with E-state index in [-0.39, 0.29) is 0 Å². The second-order valence-corrected chi connectivity index (χ2v) is 5.36. The summed E-state index contributed by atoms with van der Waals surface area (Å²) in [4.78, 5) is 12.2. The minimum atomic E-state index is 0.598. The lowest BCUT2D eigenvalue weighted by atomic mass is 10.1. The number of aromatic amines is 1. The summed E-state index contributed by atoms with van der Waals surface area (Å²) in [5.74, 6) is 1.41. The Balaban J connectivity index is 2.05. The average Bonchev–Trinajstić information content (AvgIpc) is 2.85. The summed E-state index contributed by atoms with van der Waals surface area (Å²) < 4.78 is 6.46. The van der Waals surface area contributed by atoms with Crippen molar-refractivity contribution >= 4 is 27.1 Å². The molecule has 0 aliphatic carbocycles. The van der Waals surface area contributed by atoms with Gasteiger partial charge >= 0.3 is 0 Å². The molecule has 102 valence electrons. The molecule has 5 heteroatoms. The summed E-state index contributed by atoms with van der Waals surface area (Å²) >= 11 is 3.54. The highest BCUT2D eigenvalue weighted by Gasteiger charge is 2.08. The Bertz CT molecular complexity index is 767. The van der Waals surface area contributed by atoms with Crippen LogP contribution in [0.1, 0.15) is 12.5 Å². The Morgan fingerprint density at radius 3 is 2.80 bits per heavy atom. The van der Waals surface area contributed by atoms with Crippen molar-refractivity contribution in [1.82, 2.24) is 15.0 Å². The zero-order chi connectivity index (χ0) is 14.1. The number of rotatable bonds is 3. The number of H-pyrrole nitrogens is 1. The maximum atomic E-state index is 5.39. The van der Waals surface area contributed by atoms with E-state index in [2.05, 4.69) is 49.9 Å². The van der Waals surface area contributed by atoms with Gasteiger partial charge in [-0.2, -0.15) is 4.98 Å². The molecule has 0 atom stereocenters. The first-order valence-corrected chi connectivity index (χ1v) is 7.23. The minimum absolute atomic E-state index is 0.598. The smallest absolute Gasteiger partial charge is 0.215 e. The number of pyridine rings is 1. The van der Waals surface area contributed by atoms with Gasteiger partial charge < -0.3 is 9.72 Å². The van der Waals surface area contributed by atoms with Gasteiger partial charge in [0.15, 0.2) is 5.65 Å². The summed E-state index contributed by atoms with van der Waals surface area (Å²) in [6.07, 6.45) is 0. The third-order valence-electron chi connectivity index (χ3n) is 3.06. The van der Waals surface area contributed by atoms with Crippen molar-refractivity contribution in [3.05, 3.63) is 40.4 Å². The van der Waals surface area contributed by atoms with Gasteiger partial charge in [-0.1, -0.05) is 28.1 Å². The number of ether oxygens (including phenoxy) is 1. The Labute approximate surface area is 125 Å². The fourth-order valence-corrected chi connectivity index (χ4v) is 2.36. The highest BCUT2D eigenvalue weighted by molar-refractivity contribution is 9.10. The van der Waals surface area contributed by atoms with Crippen LogP contribution in [0.15, 0.2) is 34.8 Å². The van der Waals surface area contributed by atoms with Crippen molar-refractivity contribution in [3.8, 4) is 17.3 Å². The largest absolute Gasteiger partial charge is 0.478 e. The highest BCUT2D eigenvalue weighted by Crippen LogP contribution is 2.25. The van der Waals surface area contributed by atoms with E-state index in [0.717, 1.165) is 21.4 Å². The number of hydrogen-bond acceptors (Lipinski definition) is 3. The summed E-state index contributed by atoms with van der Waals surface area (Å²) in [6, 6.07) is 9.94. The number of benzene rings is 1. The number of hydrogen-bond donors (Lipinski definition) is 1. The molecule has 0 amide bonds. The monoisotopic (exact) mass is 331 g/mol. The van der Waals surface area contributed by atoms with Crippen molar-refractivity contribution in [2.45, 2.75) is 13.8 Å². The molecule has 0 aliphatic heterocycles. The Morgan fingerprint density at radius 2 is 2.05 bits per heavy atom. The standard InChI is InChI=1S/C15H14BrN3O/c1-3-20-13-7-6-12-15(18-13)19-14(17-12)10-5-4-9(2)11(16)8-10/h4-8H,3H2,1-2H3,(H,17,18,19). The van der Waals surface area contributed by atoms with Gasteiger partial charge in [0.05, 0.1) is 12.1 Å². The van der Waals surface area contributed by atoms with E-state index >= 15 is 0 Å². The molecule has 1 N–H and O–H groups in total. The average molecular weight is 332 g/mol. The third kappa shape index (κ3) is 2.41. The molecule has 4 nitrogen and oxygen atoms in total. The highest BCUT2D eigenvalue weighted by atomic mass is 79.9. The normalized spacial score (nSPS) is 10.9. The van der Waals surface area contributed by atoms with Gasteiger partial charge in [-0.3, -0.25) is 0 Å². The molecule has 0 radical (unpaired) electrons. The van der Waals surface area contributed by atoms with E-state index in [1.165, 1.54) is 5.56 Å². The van der Waals surface area contributed by atoms with Crippen molar-refractivity contribution in [2.75, 3.05) is 6.61 Å². The van der Waals surface area contributed by atoms with Gasteiger partial charge in [-0.05, 0) is 31.5 Å². The fraction of sp³-hybridized carbons (Fsp3) is 0.200. The first kappa shape index (κ1) is 13.1. The maximum Gasteiger partial charge on any atom is 0.215 e. The van der Waals surface area contributed by atoms with E-state index in [0.29, 0.717) is 18.1 Å². The second-order valence-electron chi connectivity index (χ2n) is 4.50. The van der Waals surface area contributed by atoms with Gasteiger partial charge in [-0.15, -0.1) is 0 Å². The lowest BCUT2D eigenvalue weighted by Gasteiger charge is -2.00. The first-order chi connectivity index (χ1) is 9.67. The number of fused-ring (bicyclic) bond motifs is 1. The molecule has 3 rings (SSSR count). The van der Waals surface area contributed by atoms with Crippen LogP contribution in [-0.4, -0.2) is 21.6 Å². The second kappa shape index (κ2) is 5.25. The van der Waals surface area contributed by atoms with Crippen LogP contribution in [0.5, 0.6) is 5.88 Å². The van der Waals surface area contributed by atoms with Crippen LogP contribution >= 0.6 is 15.9 Å². The summed E-state index contributed by atoms with van der Waals surface area (Å²) in [5.41, 5.74) is 3.79. The zero-order valence-electron chi connectivity index (χ0n) is 11.3. The van der Waals surface area contributed by atoms with E-state index in [1.807, 2.05) is 25.1 Å². The number of nitrogens with one attached hydrogen (secondary N) is 1. The van der Waals surface area contributed by atoms with E-state index in [1.54, 1.807) is 0 Å². The Morgan fingerprint density at radius 1 is 1.20 bits per heavy atom. The zero-order valence-corrected chi connectivity index (χ0v) is 12.9. The molecule has 0 spiro atoms. The van der Waals surface area contributed by atoms with Crippen LogP contribution in [-0.2, 0) is 0 Å². The first-order valence-electron chi connectivity index (χ1n) is 6.43. The van der Waals surface area contributed by atoms with Crippen molar-refractivity contribution in [3.63, 3.8) is 0 Å². The van der Waals surface area contributed by atoms with Gasteiger partial charge in [0.2, 0.25) is 5.88 Å². The summed E-state index contributed by atoms with van der Waals surface area (Å²) in [6.45, 7) is 4.59. The summed E-state index contributed by atoms with van der Waals surface area (Å²) in [5, 5.41) is 0. The molecule has 2 aromatic heterocycles. The van der Waals surface area contributed by atoms with Gasteiger partial charge in [0.25, 0.3) is 0 Å². The van der Waals surface area contributed by atoms with E-state index in [9.17, 15) is 0 Å². The Kier molecular flexibility index (Phi) is 3.44. The molecule has 0 aliphatic rings.